The summed E-state index contributed by atoms with van der Waals surface area (Å²) in [5, 5.41) is 19.3. The lowest BCUT2D eigenvalue weighted by Crippen LogP contribution is -2.31. The number of aromatic hydroxyl groups is 1. The number of nitrogens with one attached hydrogen (secondary N) is 1. The predicted octanol–water partition coefficient (Wildman–Crippen LogP) is 3.40. The predicted molar refractivity (Wildman–Crippen MR) is 119 cm³/mol. The molecule has 0 aliphatic carbocycles. The lowest BCUT2D eigenvalue weighted by Gasteiger charge is -2.25. The van der Waals surface area contributed by atoms with Gasteiger partial charge in [-0.05, 0) is 30.5 Å². The summed E-state index contributed by atoms with van der Waals surface area (Å²) >= 11 is 0. The number of carbonyl (C=O) groups excluding carboxylic acids is 2. The second-order valence-corrected chi connectivity index (χ2v) is 9.24. The van der Waals surface area contributed by atoms with Gasteiger partial charge >= 0.3 is 0 Å². The number of phenols is 1. The average molecular weight is 423 g/mol. The highest BCUT2D eigenvalue weighted by Crippen LogP contribution is 2.35. The maximum absolute atomic E-state index is 13.2. The van der Waals surface area contributed by atoms with Gasteiger partial charge in [-0.2, -0.15) is 0 Å². The van der Waals surface area contributed by atoms with Crippen LogP contribution < -0.4 is 0 Å². The second kappa shape index (κ2) is 8.13. The average Bonchev–Trinajstić information content (AvgIpc) is 2.97. The minimum absolute atomic E-state index is 0.0462. The van der Waals surface area contributed by atoms with Crippen molar-refractivity contribution in [3.8, 4) is 5.75 Å². The number of phenolic OH excluding ortho intramolecular Hbond substituents is 1. The molecule has 1 aromatic heterocycles. The van der Waals surface area contributed by atoms with Crippen LogP contribution in [-0.2, 0) is 23.3 Å². The molecule has 0 saturated carbocycles. The van der Waals surface area contributed by atoms with Gasteiger partial charge in [-0.25, -0.2) is 4.98 Å². The van der Waals surface area contributed by atoms with Gasteiger partial charge in [0.15, 0.2) is 5.78 Å². The van der Waals surface area contributed by atoms with Crippen LogP contribution in [0.4, 0.5) is 0 Å². The van der Waals surface area contributed by atoms with Gasteiger partial charge in [0.05, 0.1) is 6.54 Å². The molecule has 7 nitrogen and oxygen atoms in total. The molecule has 3 rings (SSSR count). The van der Waals surface area contributed by atoms with E-state index in [9.17, 15) is 14.7 Å². The van der Waals surface area contributed by atoms with Gasteiger partial charge in [-0.1, -0.05) is 26.8 Å². The Morgan fingerprint density at radius 2 is 1.94 bits per heavy atom. The number of aryl methyl sites for hydroxylation is 1. The number of carbonyl (C=O) groups is 2. The lowest BCUT2D eigenvalue weighted by atomic mass is 9.83. The standard InChI is InChI=1S/C24H30N4O3/c1-14-7-8-16-12-28(23(25)21(16)26-14)13-20(30)17-9-18(11-27(6)15(2)29)22(31)19(10-17)24(3,4)5/h7-10,25,31H,11-13H2,1-6H3. The van der Waals surface area contributed by atoms with E-state index in [-0.39, 0.29) is 41.8 Å². The van der Waals surface area contributed by atoms with Crippen molar-refractivity contribution in [2.75, 3.05) is 13.6 Å². The summed E-state index contributed by atoms with van der Waals surface area (Å²) in [7, 11) is 1.66. The number of Topliss-reactive ketones (excluding diaryl/α,β-unsaturated/α-hetero) is 1. The molecule has 164 valence electrons. The van der Waals surface area contributed by atoms with Crippen LogP contribution in [-0.4, -0.2) is 51.0 Å². The van der Waals surface area contributed by atoms with Crippen molar-refractivity contribution in [2.45, 2.75) is 53.1 Å². The number of aromatic nitrogens is 1. The van der Waals surface area contributed by atoms with Gasteiger partial charge in [0.2, 0.25) is 5.91 Å². The van der Waals surface area contributed by atoms with E-state index in [2.05, 4.69) is 4.98 Å². The van der Waals surface area contributed by atoms with Crippen molar-refractivity contribution in [3.05, 3.63) is 57.9 Å². The molecular weight excluding hydrogens is 392 g/mol. The van der Waals surface area contributed by atoms with Gasteiger partial charge in [-0.3, -0.25) is 15.0 Å². The summed E-state index contributed by atoms with van der Waals surface area (Å²) in [6, 6.07) is 7.24. The molecule has 0 radical (unpaired) electrons. The monoisotopic (exact) mass is 422 g/mol. The third kappa shape index (κ3) is 4.60. The fraction of sp³-hybridized carbons (Fsp3) is 0.417. The minimum atomic E-state index is -0.387. The topological polar surface area (TPSA) is 97.6 Å². The molecule has 1 aromatic carbocycles. The highest BCUT2D eigenvalue weighted by Gasteiger charge is 2.29. The Morgan fingerprint density at radius 3 is 2.55 bits per heavy atom. The molecule has 1 aliphatic heterocycles. The summed E-state index contributed by atoms with van der Waals surface area (Å²) in [5.41, 5.74) is 3.66. The van der Waals surface area contributed by atoms with Crippen LogP contribution in [0.25, 0.3) is 0 Å². The summed E-state index contributed by atoms with van der Waals surface area (Å²) < 4.78 is 0. The van der Waals surface area contributed by atoms with Crippen LogP contribution in [0.2, 0.25) is 0 Å². The van der Waals surface area contributed by atoms with Crippen LogP contribution in [0.1, 0.15) is 66.1 Å². The van der Waals surface area contributed by atoms with E-state index >= 15 is 0 Å². The molecule has 31 heavy (non-hydrogen) atoms. The van der Waals surface area contributed by atoms with Gasteiger partial charge in [-0.15, -0.1) is 0 Å². The Kier molecular flexibility index (Phi) is 5.89. The molecule has 1 aliphatic rings. The highest BCUT2D eigenvalue weighted by atomic mass is 16.3. The van der Waals surface area contributed by atoms with E-state index in [1.807, 2.05) is 39.8 Å². The summed E-state index contributed by atoms with van der Waals surface area (Å²) in [5.74, 6) is 0.0857. The quantitative estimate of drug-likeness (QED) is 0.720. The lowest BCUT2D eigenvalue weighted by molar-refractivity contribution is -0.128. The van der Waals surface area contributed by atoms with E-state index < -0.39 is 0 Å². The van der Waals surface area contributed by atoms with Gasteiger partial charge < -0.3 is 14.9 Å². The molecule has 0 unspecified atom stereocenters. The number of benzene rings is 1. The SMILES string of the molecule is CC(=O)N(C)Cc1cc(C(=O)CN2Cc3ccc(C)nc3C2=N)cc(C(C)(C)C)c1O. The van der Waals surface area contributed by atoms with Gasteiger partial charge in [0.25, 0.3) is 0 Å². The number of hydrogen-bond acceptors (Lipinski definition) is 5. The van der Waals surface area contributed by atoms with Gasteiger partial charge in [0.1, 0.15) is 17.3 Å². The first kappa shape index (κ1) is 22.5. The summed E-state index contributed by atoms with van der Waals surface area (Å²) in [6.45, 7) is 9.97. The number of ketones is 1. The number of fused-ring (bicyclic) bond motifs is 1. The number of hydrogen-bond donors (Lipinski definition) is 2. The normalized spacial score (nSPS) is 13.4. The first-order valence-corrected chi connectivity index (χ1v) is 10.3. The highest BCUT2D eigenvalue weighted by molar-refractivity contribution is 6.04. The zero-order valence-corrected chi connectivity index (χ0v) is 19.0. The Bertz CT molecular complexity index is 1070. The fourth-order valence-electron chi connectivity index (χ4n) is 3.67. The number of nitrogens with zero attached hydrogens (tertiary/aromatic N) is 3. The van der Waals surface area contributed by atoms with Crippen LogP contribution in [0.5, 0.6) is 5.75 Å². The molecule has 0 spiro atoms. The molecule has 0 fully saturated rings. The van der Waals surface area contributed by atoms with Crippen LogP contribution in [0.15, 0.2) is 24.3 Å². The third-order valence-electron chi connectivity index (χ3n) is 5.62. The number of amidine groups is 1. The minimum Gasteiger partial charge on any atom is -0.507 e. The molecule has 1 amide bonds. The van der Waals surface area contributed by atoms with E-state index in [1.165, 1.54) is 11.8 Å². The molecular formula is C24H30N4O3. The molecule has 0 atom stereocenters. The van der Waals surface area contributed by atoms with Crippen LogP contribution in [0, 0.1) is 12.3 Å². The molecule has 0 saturated heterocycles. The van der Waals surface area contributed by atoms with Crippen LogP contribution >= 0.6 is 0 Å². The van der Waals surface area contributed by atoms with Crippen molar-refractivity contribution >= 4 is 17.5 Å². The van der Waals surface area contributed by atoms with Crippen LogP contribution in [0.3, 0.4) is 0 Å². The van der Waals surface area contributed by atoms with Gasteiger partial charge in [0, 0.05) is 55.0 Å². The van der Waals surface area contributed by atoms with E-state index in [0.29, 0.717) is 28.9 Å². The zero-order chi connectivity index (χ0) is 23.1. The smallest absolute Gasteiger partial charge is 0.219 e. The summed E-state index contributed by atoms with van der Waals surface area (Å²) in [6.07, 6.45) is 0. The van der Waals surface area contributed by atoms with Crippen molar-refractivity contribution in [3.63, 3.8) is 0 Å². The maximum Gasteiger partial charge on any atom is 0.219 e. The largest absolute Gasteiger partial charge is 0.507 e. The Balaban J connectivity index is 1.92. The third-order valence-corrected chi connectivity index (χ3v) is 5.62. The Labute approximate surface area is 183 Å². The van der Waals surface area contributed by atoms with E-state index in [4.69, 9.17) is 5.41 Å². The Morgan fingerprint density at radius 1 is 1.26 bits per heavy atom. The van der Waals surface area contributed by atoms with E-state index in [1.54, 1.807) is 24.1 Å². The molecule has 2 heterocycles. The van der Waals surface area contributed by atoms with E-state index in [0.717, 1.165) is 11.3 Å². The summed E-state index contributed by atoms with van der Waals surface area (Å²) in [4.78, 5) is 32.6. The van der Waals surface area contributed by atoms with Crippen molar-refractivity contribution < 1.29 is 14.7 Å². The first-order valence-electron chi connectivity index (χ1n) is 10.3. The molecule has 2 N–H and O–H groups in total. The molecule has 2 aromatic rings. The molecule has 0 bridgehead atoms. The Hall–Kier alpha value is -3.22. The molecule has 7 heteroatoms. The van der Waals surface area contributed by atoms with Crippen molar-refractivity contribution in [1.29, 1.82) is 5.41 Å². The number of amides is 1. The zero-order valence-electron chi connectivity index (χ0n) is 19.0. The maximum atomic E-state index is 13.2. The first-order chi connectivity index (χ1) is 14.4. The van der Waals surface area contributed by atoms with Crippen molar-refractivity contribution in [1.82, 2.24) is 14.8 Å². The van der Waals surface area contributed by atoms with Crippen molar-refractivity contribution in [2.24, 2.45) is 0 Å². The number of rotatable bonds is 5. The fourth-order valence-corrected chi connectivity index (χ4v) is 3.67. The number of pyridine rings is 1. The second-order valence-electron chi connectivity index (χ2n) is 9.24.